The number of hydrogen-bond donors (Lipinski definition) is 0. The van der Waals surface area contributed by atoms with Crippen LogP contribution in [0.1, 0.15) is 34.1 Å². The van der Waals surface area contributed by atoms with Gasteiger partial charge < -0.3 is 9.14 Å². The second-order valence-corrected chi connectivity index (χ2v) is 5.65. The Balaban J connectivity index is 1.98. The Hall–Kier alpha value is -1.49. The number of imidazole rings is 1. The molecule has 0 amide bonds. The highest BCUT2D eigenvalue weighted by molar-refractivity contribution is 7.99. The van der Waals surface area contributed by atoms with Gasteiger partial charge in [-0.1, -0.05) is 0 Å². The number of carbonyl (C=O) groups excluding carboxylic acids is 1. The van der Waals surface area contributed by atoms with Crippen molar-refractivity contribution in [1.29, 1.82) is 0 Å². The molecule has 18 heavy (non-hydrogen) atoms. The first-order chi connectivity index (χ1) is 8.78. The molecular formula is C13H14N2O2S. The monoisotopic (exact) mass is 262 g/mol. The van der Waals surface area contributed by atoms with Gasteiger partial charge in [0.25, 0.3) is 0 Å². The predicted molar refractivity (Wildman–Crippen MR) is 71.0 cm³/mol. The summed E-state index contributed by atoms with van der Waals surface area (Å²) in [7, 11) is 1.39. The standard InChI is InChI=1S/C13H14N2O2S/c1-17-13(16)9-4-5-12-14-10(8-15(12)7-9)11-3-2-6-18-11/h4-5,7-8,11H,2-3,6H2,1H3. The van der Waals surface area contributed by atoms with Crippen molar-refractivity contribution in [3.8, 4) is 0 Å². The first-order valence-electron chi connectivity index (χ1n) is 5.96. The summed E-state index contributed by atoms with van der Waals surface area (Å²) < 4.78 is 6.62. The van der Waals surface area contributed by atoms with E-state index in [0.717, 1.165) is 11.3 Å². The van der Waals surface area contributed by atoms with Crippen LogP contribution in [0.3, 0.4) is 0 Å². The summed E-state index contributed by atoms with van der Waals surface area (Å²) >= 11 is 1.96. The van der Waals surface area contributed by atoms with Crippen molar-refractivity contribution in [2.75, 3.05) is 12.9 Å². The Morgan fingerprint density at radius 1 is 1.50 bits per heavy atom. The molecule has 94 valence electrons. The highest BCUT2D eigenvalue weighted by Crippen LogP contribution is 2.39. The summed E-state index contributed by atoms with van der Waals surface area (Å²) in [4.78, 5) is 16.1. The molecule has 0 saturated carbocycles. The highest BCUT2D eigenvalue weighted by atomic mass is 32.2. The van der Waals surface area contributed by atoms with Crippen LogP contribution in [0.5, 0.6) is 0 Å². The Kier molecular flexibility index (Phi) is 2.99. The summed E-state index contributed by atoms with van der Waals surface area (Å²) in [6, 6.07) is 3.61. The lowest BCUT2D eigenvalue weighted by atomic mass is 10.2. The Bertz CT molecular complexity index is 588. The van der Waals surface area contributed by atoms with Crippen molar-refractivity contribution in [3.63, 3.8) is 0 Å². The van der Waals surface area contributed by atoms with Crippen LogP contribution >= 0.6 is 11.8 Å². The Morgan fingerprint density at radius 3 is 3.11 bits per heavy atom. The summed E-state index contributed by atoms with van der Waals surface area (Å²) in [6.45, 7) is 0. The molecule has 5 heteroatoms. The number of aromatic nitrogens is 2. The maximum absolute atomic E-state index is 11.5. The van der Waals surface area contributed by atoms with Crippen LogP contribution in [0.2, 0.25) is 0 Å². The molecule has 0 aromatic carbocycles. The second-order valence-electron chi connectivity index (χ2n) is 4.34. The zero-order valence-electron chi connectivity index (χ0n) is 10.1. The fourth-order valence-corrected chi connectivity index (χ4v) is 3.45. The summed E-state index contributed by atoms with van der Waals surface area (Å²) in [6.07, 6.45) is 6.25. The molecule has 3 rings (SSSR count). The van der Waals surface area contributed by atoms with Gasteiger partial charge in [0.2, 0.25) is 0 Å². The van der Waals surface area contributed by atoms with E-state index in [1.807, 2.05) is 28.4 Å². The van der Waals surface area contributed by atoms with Crippen molar-refractivity contribution < 1.29 is 9.53 Å². The number of esters is 1. The first kappa shape index (κ1) is 11.6. The minimum atomic E-state index is -0.317. The number of hydrogen-bond acceptors (Lipinski definition) is 4. The molecule has 1 atom stereocenters. The number of pyridine rings is 1. The number of ether oxygens (including phenoxy) is 1. The van der Waals surface area contributed by atoms with E-state index in [4.69, 9.17) is 4.74 Å². The van der Waals surface area contributed by atoms with Gasteiger partial charge in [0.05, 0.1) is 18.4 Å². The molecule has 1 saturated heterocycles. The van der Waals surface area contributed by atoms with Gasteiger partial charge in [-0.05, 0) is 30.7 Å². The molecule has 0 spiro atoms. The maximum atomic E-state index is 11.5. The lowest BCUT2D eigenvalue weighted by Gasteiger charge is -2.01. The van der Waals surface area contributed by atoms with Crippen LogP contribution in [0.25, 0.3) is 5.65 Å². The van der Waals surface area contributed by atoms with Crippen LogP contribution in [-0.4, -0.2) is 28.2 Å². The van der Waals surface area contributed by atoms with E-state index >= 15 is 0 Å². The van der Waals surface area contributed by atoms with Crippen molar-refractivity contribution >= 4 is 23.4 Å². The van der Waals surface area contributed by atoms with Gasteiger partial charge >= 0.3 is 5.97 Å². The third kappa shape index (κ3) is 1.99. The van der Waals surface area contributed by atoms with E-state index in [2.05, 4.69) is 4.98 Å². The molecule has 0 N–H and O–H groups in total. The molecular weight excluding hydrogens is 248 g/mol. The van der Waals surface area contributed by atoms with E-state index in [1.165, 1.54) is 25.7 Å². The average Bonchev–Trinajstić information content (AvgIpc) is 3.04. The molecule has 4 nitrogen and oxygen atoms in total. The molecule has 1 aliphatic heterocycles. The normalized spacial score (nSPS) is 19.3. The van der Waals surface area contributed by atoms with Gasteiger partial charge in [0, 0.05) is 17.6 Å². The molecule has 0 aliphatic carbocycles. The fourth-order valence-electron chi connectivity index (χ4n) is 2.22. The number of carbonyl (C=O) groups is 1. The third-order valence-electron chi connectivity index (χ3n) is 3.15. The van der Waals surface area contributed by atoms with E-state index < -0.39 is 0 Å². The van der Waals surface area contributed by atoms with Crippen molar-refractivity contribution in [3.05, 3.63) is 35.8 Å². The molecule has 1 unspecified atom stereocenters. The van der Waals surface area contributed by atoms with Crippen molar-refractivity contribution in [2.24, 2.45) is 0 Å². The summed E-state index contributed by atoms with van der Waals surface area (Å²) in [5, 5.41) is 0.506. The van der Waals surface area contributed by atoms with Gasteiger partial charge in [-0.2, -0.15) is 11.8 Å². The third-order valence-corrected chi connectivity index (χ3v) is 4.55. The lowest BCUT2D eigenvalue weighted by molar-refractivity contribution is 0.0600. The topological polar surface area (TPSA) is 43.6 Å². The van der Waals surface area contributed by atoms with Gasteiger partial charge in [-0.25, -0.2) is 9.78 Å². The highest BCUT2D eigenvalue weighted by Gasteiger charge is 2.20. The van der Waals surface area contributed by atoms with E-state index in [1.54, 1.807) is 12.3 Å². The Labute approximate surface area is 109 Å². The van der Waals surface area contributed by atoms with Crippen molar-refractivity contribution in [2.45, 2.75) is 18.1 Å². The molecule has 0 radical (unpaired) electrons. The molecule has 3 heterocycles. The van der Waals surface area contributed by atoms with E-state index in [9.17, 15) is 4.79 Å². The molecule has 0 bridgehead atoms. The Morgan fingerprint density at radius 2 is 2.39 bits per heavy atom. The second kappa shape index (κ2) is 4.65. The zero-order chi connectivity index (χ0) is 12.5. The minimum Gasteiger partial charge on any atom is -0.465 e. The molecule has 1 aliphatic rings. The van der Waals surface area contributed by atoms with E-state index in [-0.39, 0.29) is 5.97 Å². The first-order valence-corrected chi connectivity index (χ1v) is 7.01. The average molecular weight is 262 g/mol. The summed E-state index contributed by atoms with van der Waals surface area (Å²) in [5.74, 6) is 0.897. The van der Waals surface area contributed by atoms with E-state index in [0.29, 0.717) is 10.8 Å². The number of thioether (sulfide) groups is 1. The van der Waals surface area contributed by atoms with Gasteiger partial charge in [-0.3, -0.25) is 0 Å². The van der Waals surface area contributed by atoms with Crippen LogP contribution in [0.4, 0.5) is 0 Å². The smallest absolute Gasteiger partial charge is 0.339 e. The van der Waals surface area contributed by atoms with Crippen LogP contribution in [0.15, 0.2) is 24.5 Å². The number of rotatable bonds is 2. The molecule has 1 fully saturated rings. The summed E-state index contributed by atoms with van der Waals surface area (Å²) in [5.41, 5.74) is 2.54. The van der Waals surface area contributed by atoms with Crippen LogP contribution < -0.4 is 0 Å². The lowest BCUT2D eigenvalue weighted by Crippen LogP contribution is -2.02. The molecule has 2 aromatic heterocycles. The SMILES string of the molecule is COC(=O)c1ccc2nc(C3CCCS3)cn2c1. The quantitative estimate of drug-likeness (QED) is 0.780. The fraction of sp³-hybridized carbons (Fsp3) is 0.385. The minimum absolute atomic E-state index is 0.317. The number of fused-ring (bicyclic) bond motifs is 1. The van der Waals surface area contributed by atoms with Crippen LogP contribution in [-0.2, 0) is 4.74 Å². The predicted octanol–water partition coefficient (Wildman–Crippen LogP) is 2.69. The van der Waals surface area contributed by atoms with Crippen molar-refractivity contribution in [1.82, 2.24) is 9.38 Å². The van der Waals surface area contributed by atoms with Gasteiger partial charge in [0.1, 0.15) is 5.65 Å². The maximum Gasteiger partial charge on any atom is 0.339 e. The number of methoxy groups -OCH3 is 1. The molecule has 2 aromatic rings. The zero-order valence-corrected chi connectivity index (χ0v) is 10.9. The largest absolute Gasteiger partial charge is 0.465 e. The number of nitrogens with zero attached hydrogens (tertiary/aromatic N) is 2. The van der Waals surface area contributed by atoms with Gasteiger partial charge in [-0.15, -0.1) is 0 Å². The van der Waals surface area contributed by atoms with Crippen LogP contribution in [0, 0.1) is 0 Å². The van der Waals surface area contributed by atoms with Gasteiger partial charge in [0.15, 0.2) is 0 Å².